The monoisotopic (exact) mass is 787 g/mol. The molecule has 4 N–H and O–H groups in total. The standard InChI is InChI=1S/C31H39Cl2N7O9S2/c1-20(41)35-27-17-23(39(11-5-7-13-50(43,44)45)12-6-8-14-51(46,47)48)9-10-26(27)36-37-30-24(18-34)29(31(2,3)4)38-40(30)28-21(19-49-42)15-22(32)16-25(28)33/h9-10,15-17,42H,5-8,11-14,19H2,1-4H3,(H,35,41)(H,43,44,45)(H,46,47,48). The van der Waals surface area contributed by atoms with E-state index in [2.05, 4.69) is 31.6 Å². The first kappa shape index (κ1) is 41.7. The number of rotatable bonds is 17. The molecule has 1 heterocycles. The van der Waals surface area contributed by atoms with Crippen molar-refractivity contribution in [2.24, 2.45) is 10.2 Å². The van der Waals surface area contributed by atoms with Crippen LogP contribution in [0.1, 0.15) is 70.2 Å². The Hall–Kier alpha value is -3.67. The lowest BCUT2D eigenvalue weighted by molar-refractivity contribution is -0.252. The summed E-state index contributed by atoms with van der Waals surface area (Å²) >= 11 is 12.8. The Kier molecular flexibility index (Phi) is 14.5. The molecule has 0 spiro atoms. The summed E-state index contributed by atoms with van der Waals surface area (Å²) in [6, 6.07) is 9.95. The van der Waals surface area contributed by atoms with E-state index in [0.717, 1.165) is 0 Å². The SMILES string of the molecule is CC(=O)Nc1cc(N(CCCCS(=O)(=O)O)CCCCS(=O)(=O)O)ccc1N=Nc1c(C#N)c(C(C)(C)C)nn1-c1c(Cl)cc(Cl)cc1COO. The topological polar surface area (TPSA) is 237 Å². The normalized spacial score (nSPS) is 12.3. The molecule has 16 nitrogen and oxygen atoms in total. The van der Waals surface area contributed by atoms with E-state index in [4.69, 9.17) is 32.3 Å². The van der Waals surface area contributed by atoms with Crippen molar-refractivity contribution in [2.75, 3.05) is 34.8 Å². The van der Waals surface area contributed by atoms with Crippen LogP contribution in [0, 0.1) is 11.3 Å². The van der Waals surface area contributed by atoms with E-state index in [-0.39, 0.29) is 57.9 Å². The maximum absolute atomic E-state index is 12.3. The maximum atomic E-state index is 12.3. The minimum atomic E-state index is -4.16. The van der Waals surface area contributed by atoms with E-state index < -0.39 is 43.1 Å². The van der Waals surface area contributed by atoms with Crippen molar-refractivity contribution in [3.8, 4) is 11.8 Å². The zero-order valence-corrected chi connectivity index (χ0v) is 31.4. The molecule has 20 heteroatoms. The van der Waals surface area contributed by atoms with Crippen molar-refractivity contribution >= 4 is 72.2 Å². The van der Waals surface area contributed by atoms with Crippen molar-refractivity contribution in [3.05, 3.63) is 57.2 Å². The Morgan fingerprint density at radius 1 is 1.02 bits per heavy atom. The first-order valence-corrected chi connectivity index (χ1v) is 19.5. The maximum Gasteiger partial charge on any atom is 0.264 e. The Balaban J connectivity index is 2.13. The number of nitrogens with one attached hydrogen (secondary N) is 1. The quantitative estimate of drug-likeness (QED) is 0.0361. The fourth-order valence-corrected chi connectivity index (χ4v) is 6.82. The van der Waals surface area contributed by atoms with Crippen LogP contribution in [-0.2, 0) is 41.9 Å². The minimum absolute atomic E-state index is 0.0111. The van der Waals surface area contributed by atoms with Gasteiger partial charge in [-0.1, -0.05) is 44.0 Å². The molecule has 0 unspecified atom stereocenters. The van der Waals surface area contributed by atoms with Crippen LogP contribution in [0.25, 0.3) is 5.69 Å². The summed E-state index contributed by atoms with van der Waals surface area (Å²) in [5.74, 6) is -1.32. The van der Waals surface area contributed by atoms with Gasteiger partial charge in [-0.3, -0.25) is 19.2 Å². The van der Waals surface area contributed by atoms with Crippen LogP contribution in [-0.4, -0.2) is 71.5 Å². The predicted molar refractivity (Wildman–Crippen MR) is 193 cm³/mol. The molecular formula is C31H39Cl2N7O9S2. The number of carbonyl (C=O) groups excluding carboxylic acids is 1. The second-order valence-electron chi connectivity index (χ2n) is 12.5. The Labute approximate surface area is 306 Å². The summed E-state index contributed by atoms with van der Waals surface area (Å²) in [5, 5.41) is 36.1. The number of nitrogens with zero attached hydrogens (tertiary/aromatic N) is 6. The van der Waals surface area contributed by atoms with Gasteiger partial charge in [0.25, 0.3) is 20.2 Å². The van der Waals surface area contributed by atoms with Gasteiger partial charge in [0.2, 0.25) is 5.91 Å². The van der Waals surface area contributed by atoms with Crippen LogP contribution < -0.4 is 10.2 Å². The zero-order valence-electron chi connectivity index (χ0n) is 28.3. The molecule has 0 bridgehead atoms. The van der Waals surface area contributed by atoms with Gasteiger partial charge in [0.1, 0.15) is 23.9 Å². The molecule has 278 valence electrons. The van der Waals surface area contributed by atoms with E-state index >= 15 is 0 Å². The first-order chi connectivity index (χ1) is 23.7. The van der Waals surface area contributed by atoms with E-state index in [1.807, 2.05) is 25.7 Å². The highest BCUT2D eigenvalue weighted by Gasteiger charge is 2.29. The first-order valence-electron chi connectivity index (χ1n) is 15.5. The number of azo groups is 1. The van der Waals surface area contributed by atoms with Gasteiger partial charge >= 0.3 is 0 Å². The summed E-state index contributed by atoms with van der Waals surface area (Å²) in [7, 11) is -8.32. The number of benzene rings is 2. The van der Waals surface area contributed by atoms with Gasteiger partial charge < -0.3 is 10.2 Å². The molecule has 51 heavy (non-hydrogen) atoms. The lowest BCUT2D eigenvalue weighted by Crippen LogP contribution is -2.26. The highest BCUT2D eigenvalue weighted by molar-refractivity contribution is 7.86. The van der Waals surface area contributed by atoms with Gasteiger partial charge in [-0.25, -0.2) is 9.57 Å². The number of nitriles is 1. The number of aromatic nitrogens is 2. The Morgan fingerprint density at radius 3 is 2.14 bits per heavy atom. The molecule has 0 aliphatic heterocycles. The van der Waals surface area contributed by atoms with Gasteiger partial charge in [0, 0.05) is 41.7 Å². The number of carbonyl (C=O) groups is 1. The summed E-state index contributed by atoms with van der Waals surface area (Å²) in [5.41, 5.74) is 1.36. The lowest BCUT2D eigenvalue weighted by atomic mass is 9.90. The zero-order chi connectivity index (χ0) is 38.1. The van der Waals surface area contributed by atoms with Gasteiger partial charge in [-0.05, 0) is 56.0 Å². The molecular weight excluding hydrogens is 749 g/mol. The highest BCUT2D eigenvalue weighted by atomic mass is 35.5. The summed E-state index contributed by atoms with van der Waals surface area (Å²) in [6.07, 6.45) is 1.01. The molecule has 0 aliphatic rings. The van der Waals surface area contributed by atoms with E-state index in [0.29, 0.717) is 42.9 Å². The van der Waals surface area contributed by atoms with Gasteiger partial charge in [-0.15, -0.1) is 10.2 Å². The molecule has 1 amide bonds. The van der Waals surface area contributed by atoms with Crippen LogP contribution >= 0.6 is 23.2 Å². The number of halogens is 2. The minimum Gasteiger partial charge on any atom is -0.371 e. The second kappa shape index (κ2) is 17.7. The average molecular weight is 789 g/mol. The van der Waals surface area contributed by atoms with Crippen molar-refractivity contribution in [1.82, 2.24) is 9.78 Å². The van der Waals surface area contributed by atoms with Gasteiger partial charge in [-0.2, -0.15) is 27.2 Å². The molecule has 3 rings (SSSR count). The molecule has 0 saturated heterocycles. The van der Waals surface area contributed by atoms with Crippen LogP contribution in [0.15, 0.2) is 40.6 Å². The van der Waals surface area contributed by atoms with Crippen molar-refractivity contribution < 1.29 is 40.9 Å². The predicted octanol–water partition coefficient (Wildman–Crippen LogP) is 6.85. The molecule has 0 atom stereocenters. The largest absolute Gasteiger partial charge is 0.371 e. The van der Waals surface area contributed by atoms with E-state index in [9.17, 15) is 32.1 Å². The number of unbranched alkanes of at least 4 members (excludes halogenated alkanes) is 2. The third-order valence-electron chi connectivity index (χ3n) is 7.29. The Bertz CT molecular complexity index is 1990. The summed E-state index contributed by atoms with van der Waals surface area (Å²) < 4.78 is 64.4. The fraction of sp³-hybridized carbons (Fsp3) is 0.452. The van der Waals surface area contributed by atoms with E-state index in [1.54, 1.807) is 18.2 Å². The van der Waals surface area contributed by atoms with E-state index in [1.165, 1.54) is 23.7 Å². The smallest absolute Gasteiger partial charge is 0.264 e. The van der Waals surface area contributed by atoms with Crippen molar-refractivity contribution in [2.45, 2.75) is 65.4 Å². The molecule has 3 aromatic rings. The van der Waals surface area contributed by atoms with Crippen molar-refractivity contribution in [1.29, 1.82) is 5.26 Å². The molecule has 1 aromatic heterocycles. The molecule has 2 aromatic carbocycles. The number of amides is 1. The van der Waals surface area contributed by atoms with Crippen molar-refractivity contribution in [3.63, 3.8) is 0 Å². The molecule has 0 saturated carbocycles. The summed E-state index contributed by atoms with van der Waals surface area (Å²) in [4.78, 5) is 18.5. The van der Waals surface area contributed by atoms with Crippen LogP contribution in [0.2, 0.25) is 10.0 Å². The molecule has 0 fully saturated rings. The summed E-state index contributed by atoms with van der Waals surface area (Å²) in [6.45, 7) is 7.15. The molecule has 0 radical (unpaired) electrons. The van der Waals surface area contributed by atoms with Crippen LogP contribution in [0.3, 0.4) is 0 Å². The van der Waals surface area contributed by atoms with Crippen LogP contribution in [0.5, 0.6) is 0 Å². The highest BCUT2D eigenvalue weighted by Crippen LogP contribution is 2.39. The second-order valence-corrected chi connectivity index (χ2v) is 16.5. The molecule has 0 aliphatic carbocycles. The fourth-order valence-electron chi connectivity index (χ4n) is 5.06. The number of hydrogen-bond donors (Lipinski definition) is 4. The third-order valence-corrected chi connectivity index (χ3v) is 9.41. The average Bonchev–Trinajstić information content (AvgIpc) is 3.37. The number of anilines is 2. The number of hydrogen-bond acceptors (Lipinski definition) is 12. The lowest BCUT2D eigenvalue weighted by Gasteiger charge is -2.26. The van der Waals surface area contributed by atoms with Crippen LogP contribution in [0.4, 0.5) is 22.9 Å². The Morgan fingerprint density at radius 2 is 1.63 bits per heavy atom. The van der Waals surface area contributed by atoms with Gasteiger partial charge in [0.05, 0.1) is 33.6 Å². The van der Waals surface area contributed by atoms with Gasteiger partial charge in [0.15, 0.2) is 5.82 Å². The third kappa shape index (κ3) is 12.5.